The number of halogens is 1. The first-order chi connectivity index (χ1) is 9.78. The zero-order valence-electron chi connectivity index (χ0n) is 12.2. The van der Waals surface area contributed by atoms with Gasteiger partial charge in [-0.05, 0) is 24.6 Å². The Bertz CT molecular complexity index is 736. The number of aryl methyl sites for hydroxylation is 1. The largest absolute Gasteiger partial charge is 1.00 e. The Labute approximate surface area is 131 Å². The Balaban J connectivity index is 0.00000161. The van der Waals surface area contributed by atoms with Crippen LogP contribution in [0.15, 0.2) is 48.5 Å². The second kappa shape index (κ2) is 6.74. The highest BCUT2D eigenvalue weighted by molar-refractivity contribution is 5.76. The van der Waals surface area contributed by atoms with E-state index >= 15 is 0 Å². The van der Waals surface area contributed by atoms with Crippen LogP contribution in [0.3, 0.4) is 0 Å². The van der Waals surface area contributed by atoms with E-state index in [1.54, 1.807) is 7.11 Å². The number of imidazole rings is 1. The third-order valence-corrected chi connectivity index (χ3v) is 3.43. The molecule has 4 heteroatoms. The lowest BCUT2D eigenvalue weighted by Gasteiger charge is -2.09. The van der Waals surface area contributed by atoms with E-state index in [9.17, 15) is 0 Å². The minimum atomic E-state index is 0. The van der Waals surface area contributed by atoms with Crippen LogP contribution < -0.4 is 12.4 Å². The van der Waals surface area contributed by atoms with Crippen LogP contribution in [0, 0.1) is 6.92 Å². The lowest BCUT2D eigenvalue weighted by atomic mass is 10.1. The Morgan fingerprint density at radius 3 is 2.67 bits per heavy atom. The van der Waals surface area contributed by atoms with Crippen LogP contribution >= 0.6 is 0 Å². The van der Waals surface area contributed by atoms with Crippen molar-refractivity contribution in [1.82, 2.24) is 9.55 Å². The van der Waals surface area contributed by atoms with Gasteiger partial charge in [-0.1, -0.05) is 42.0 Å². The monoisotopic (exact) mass is 301 g/mol. The number of benzene rings is 2. The summed E-state index contributed by atoms with van der Waals surface area (Å²) in [6.45, 7) is 3.47. The van der Waals surface area contributed by atoms with E-state index in [-0.39, 0.29) is 12.4 Å². The van der Waals surface area contributed by atoms with E-state index in [0.717, 1.165) is 23.4 Å². The molecular formula is C17H18ClN2O-. The Morgan fingerprint density at radius 1 is 1.10 bits per heavy atom. The van der Waals surface area contributed by atoms with Crippen LogP contribution in [0.1, 0.15) is 17.0 Å². The van der Waals surface area contributed by atoms with Crippen molar-refractivity contribution in [1.29, 1.82) is 0 Å². The normalized spacial score (nSPS) is 10.6. The van der Waals surface area contributed by atoms with Gasteiger partial charge in [0.1, 0.15) is 12.4 Å². The van der Waals surface area contributed by atoms with Gasteiger partial charge in [0, 0.05) is 13.7 Å². The predicted octanol–water partition coefficient (Wildman–Crippen LogP) is 0.543. The molecule has 110 valence electrons. The van der Waals surface area contributed by atoms with Crippen molar-refractivity contribution >= 4 is 11.0 Å². The number of methoxy groups -OCH3 is 1. The summed E-state index contributed by atoms with van der Waals surface area (Å²) < 4.78 is 7.51. The van der Waals surface area contributed by atoms with Gasteiger partial charge < -0.3 is 21.7 Å². The van der Waals surface area contributed by atoms with E-state index < -0.39 is 0 Å². The number of hydrogen-bond acceptors (Lipinski definition) is 2. The summed E-state index contributed by atoms with van der Waals surface area (Å²) in [5, 5.41) is 0. The number of fused-ring (bicyclic) bond motifs is 1. The molecule has 2 aromatic carbocycles. The van der Waals surface area contributed by atoms with Crippen LogP contribution in [-0.4, -0.2) is 16.7 Å². The number of nitrogens with zero attached hydrogens (tertiary/aromatic N) is 2. The molecule has 0 aliphatic heterocycles. The first kappa shape index (κ1) is 15.5. The molecule has 3 rings (SSSR count). The van der Waals surface area contributed by atoms with E-state index in [0.29, 0.717) is 6.61 Å². The second-order valence-corrected chi connectivity index (χ2v) is 5.02. The minimum absolute atomic E-state index is 0. The fourth-order valence-corrected chi connectivity index (χ4v) is 2.53. The van der Waals surface area contributed by atoms with Crippen molar-refractivity contribution in [3.63, 3.8) is 0 Å². The number of hydrogen-bond donors (Lipinski definition) is 0. The van der Waals surface area contributed by atoms with Crippen molar-refractivity contribution in [3.8, 4) is 0 Å². The Kier molecular flexibility index (Phi) is 4.99. The maximum absolute atomic E-state index is 5.28. The maximum Gasteiger partial charge on any atom is 0.136 e. The maximum atomic E-state index is 5.28. The predicted molar refractivity (Wildman–Crippen MR) is 80.7 cm³/mol. The molecular weight excluding hydrogens is 284 g/mol. The van der Waals surface area contributed by atoms with Crippen LogP contribution in [-0.2, 0) is 17.9 Å². The lowest BCUT2D eigenvalue weighted by molar-refractivity contribution is -0.00000443. The van der Waals surface area contributed by atoms with E-state index in [4.69, 9.17) is 4.74 Å². The minimum Gasteiger partial charge on any atom is -1.00 e. The van der Waals surface area contributed by atoms with Gasteiger partial charge in [-0.15, -0.1) is 0 Å². The molecule has 21 heavy (non-hydrogen) atoms. The summed E-state index contributed by atoms with van der Waals surface area (Å²) in [6.07, 6.45) is 0. The zero-order chi connectivity index (χ0) is 13.9. The Hall–Kier alpha value is -1.84. The van der Waals surface area contributed by atoms with Gasteiger partial charge in [0.25, 0.3) is 0 Å². The van der Waals surface area contributed by atoms with Crippen molar-refractivity contribution in [2.75, 3.05) is 7.11 Å². The number of para-hydroxylation sites is 2. The third kappa shape index (κ3) is 3.26. The standard InChI is InChI=1S/C17H18N2O.ClH/c1-13-6-5-7-14(10-13)11-19-16-9-4-3-8-15(16)18-17(19)12-20-2;/h3-10H,11-12H2,1-2H3;1H/p-1. The van der Waals surface area contributed by atoms with Gasteiger partial charge in [0.2, 0.25) is 0 Å². The van der Waals surface area contributed by atoms with E-state index in [1.807, 2.05) is 18.2 Å². The number of rotatable bonds is 4. The van der Waals surface area contributed by atoms with Gasteiger partial charge >= 0.3 is 0 Å². The second-order valence-electron chi connectivity index (χ2n) is 5.02. The van der Waals surface area contributed by atoms with Gasteiger partial charge in [0.05, 0.1) is 11.0 Å². The molecule has 3 nitrogen and oxygen atoms in total. The number of aromatic nitrogens is 2. The van der Waals surface area contributed by atoms with Gasteiger partial charge in [-0.3, -0.25) is 0 Å². The van der Waals surface area contributed by atoms with Crippen LogP contribution in [0.5, 0.6) is 0 Å². The van der Waals surface area contributed by atoms with Crippen molar-refractivity contribution in [3.05, 3.63) is 65.5 Å². The van der Waals surface area contributed by atoms with Crippen molar-refractivity contribution in [2.24, 2.45) is 0 Å². The summed E-state index contributed by atoms with van der Waals surface area (Å²) in [7, 11) is 1.70. The summed E-state index contributed by atoms with van der Waals surface area (Å²) in [5.74, 6) is 0.968. The van der Waals surface area contributed by atoms with Crippen LogP contribution in [0.4, 0.5) is 0 Å². The molecule has 0 saturated carbocycles. The topological polar surface area (TPSA) is 27.1 Å². The molecule has 0 unspecified atom stereocenters. The molecule has 0 spiro atoms. The molecule has 1 heterocycles. The average molecular weight is 302 g/mol. The summed E-state index contributed by atoms with van der Waals surface area (Å²) in [4.78, 5) is 4.66. The first-order valence-corrected chi connectivity index (χ1v) is 6.76. The average Bonchev–Trinajstić information content (AvgIpc) is 2.78. The molecule has 0 aliphatic rings. The zero-order valence-corrected chi connectivity index (χ0v) is 13.0. The molecule has 0 radical (unpaired) electrons. The number of ether oxygens (including phenoxy) is 1. The van der Waals surface area contributed by atoms with Crippen LogP contribution in [0.25, 0.3) is 11.0 Å². The molecule has 1 aromatic heterocycles. The van der Waals surface area contributed by atoms with Gasteiger partial charge in [-0.2, -0.15) is 0 Å². The summed E-state index contributed by atoms with van der Waals surface area (Å²) >= 11 is 0. The Morgan fingerprint density at radius 2 is 1.90 bits per heavy atom. The molecule has 0 amide bonds. The van der Waals surface area contributed by atoms with Gasteiger partial charge in [-0.25, -0.2) is 4.98 Å². The van der Waals surface area contributed by atoms with Crippen molar-refractivity contribution in [2.45, 2.75) is 20.1 Å². The molecule has 0 fully saturated rings. The molecule has 3 aromatic rings. The highest BCUT2D eigenvalue weighted by Crippen LogP contribution is 2.18. The highest BCUT2D eigenvalue weighted by atomic mass is 35.5. The quantitative estimate of drug-likeness (QED) is 0.703. The van der Waals surface area contributed by atoms with E-state index in [2.05, 4.69) is 46.8 Å². The third-order valence-electron chi connectivity index (χ3n) is 3.43. The molecule has 0 saturated heterocycles. The van der Waals surface area contributed by atoms with Crippen molar-refractivity contribution < 1.29 is 17.1 Å². The molecule has 0 N–H and O–H groups in total. The first-order valence-electron chi connectivity index (χ1n) is 6.76. The SMILES string of the molecule is COCc1nc2ccccc2n1Cc1cccc(C)c1.[Cl-]. The summed E-state index contributed by atoms with van der Waals surface area (Å²) in [5.41, 5.74) is 4.74. The molecule has 0 atom stereocenters. The van der Waals surface area contributed by atoms with Gasteiger partial charge in [0.15, 0.2) is 0 Å². The van der Waals surface area contributed by atoms with Crippen LogP contribution in [0.2, 0.25) is 0 Å². The lowest BCUT2D eigenvalue weighted by Crippen LogP contribution is -3.00. The smallest absolute Gasteiger partial charge is 0.136 e. The molecule has 0 aliphatic carbocycles. The fraction of sp³-hybridized carbons (Fsp3) is 0.235. The highest BCUT2D eigenvalue weighted by Gasteiger charge is 2.10. The van der Waals surface area contributed by atoms with E-state index in [1.165, 1.54) is 11.1 Å². The fourth-order valence-electron chi connectivity index (χ4n) is 2.53. The summed E-state index contributed by atoms with van der Waals surface area (Å²) in [6, 6.07) is 16.8. The molecule has 0 bridgehead atoms.